The van der Waals surface area contributed by atoms with Gasteiger partial charge >= 0.3 is 39.5 Å². The number of esters is 4. The van der Waals surface area contributed by atoms with Gasteiger partial charge in [-0.3, -0.25) is 37.3 Å². The van der Waals surface area contributed by atoms with Crippen LogP contribution >= 0.6 is 15.6 Å². The second-order valence-corrected chi connectivity index (χ2v) is 27.4. The summed E-state index contributed by atoms with van der Waals surface area (Å²) in [5, 5.41) is 10.5. The summed E-state index contributed by atoms with van der Waals surface area (Å²) in [6.07, 6.45) is 32.3. The van der Waals surface area contributed by atoms with Crippen LogP contribution in [0, 0.1) is 23.7 Å². The van der Waals surface area contributed by atoms with Crippen molar-refractivity contribution in [2.75, 3.05) is 39.6 Å². The first-order valence-corrected chi connectivity index (χ1v) is 35.7. The minimum atomic E-state index is -4.94. The molecule has 0 saturated heterocycles. The SMILES string of the molecule is CCC(C)CCCCCCCCCCC(=O)OC[C@H](COP(=O)(O)OC[C@@H](O)COP(=O)(O)OC[C@@H](COC(=O)CCCCCCCCC(C)C)OC(=O)CCCCCCCCCC(C)C)OC(=O)CCCCCCCCCCC(C)C. The normalized spacial score (nSPS) is 14.8. The Balaban J connectivity index is 5.25. The summed E-state index contributed by atoms with van der Waals surface area (Å²) in [5.74, 6) is 0.726. The maximum atomic E-state index is 13.0. The van der Waals surface area contributed by atoms with Crippen LogP contribution in [0.5, 0.6) is 0 Å². The molecule has 0 aromatic carbocycles. The lowest BCUT2D eigenvalue weighted by Crippen LogP contribution is -2.30. The van der Waals surface area contributed by atoms with Gasteiger partial charge in [0.05, 0.1) is 26.4 Å². The summed E-state index contributed by atoms with van der Waals surface area (Å²) in [6.45, 7) is 13.9. The van der Waals surface area contributed by atoms with Gasteiger partial charge in [-0.1, -0.05) is 248 Å². The number of aliphatic hydroxyl groups excluding tert-OH is 1. The van der Waals surface area contributed by atoms with E-state index in [-0.39, 0.29) is 25.7 Å². The van der Waals surface area contributed by atoms with Gasteiger partial charge in [0.25, 0.3) is 0 Å². The van der Waals surface area contributed by atoms with Gasteiger partial charge in [-0.2, -0.15) is 0 Å². The van der Waals surface area contributed by atoms with Gasteiger partial charge in [0, 0.05) is 25.7 Å². The van der Waals surface area contributed by atoms with E-state index in [1.807, 2.05) is 0 Å². The van der Waals surface area contributed by atoms with Crippen molar-refractivity contribution in [3.05, 3.63) is 0 Å². The molecule has 17 nitrogen and oxygen atoms in total. The van der Waals surface area contributed by atoms with E-state index in [1.54, 1.807) is 0 Å². The number of hydrogen-bond acceptors (Lipinski definition) is 15. The molecule has 82 heavy (non-hydrogen) atoms. The van der Waals surface area contributed by atoms with Crippen LogP contribution in [0.15, 0.2) is 0 Å². The third-order valence-corrected chi connectivity index (χ3v) is 16.6. The van der Waals surface area contributed by atoms with Crippen molar-refractivity contribution in [1.29, 1.82) is 0 Å². The van der Waals surface area contributed by atoms with E-state index in [1.165, 1.54) is 96.3 Å². The Kier molecular flexibility index (Phi) is 52.0. The Hall–Kier alpha value is -1.94. The molecule has 486 valence electrons. The van der Waals surface area contributed by atoms with Crippen molar-refractivity contribution in [2.45, 2.75) is 318 Å². The quantitative estimate of drug-likeness (QED) is 0.0222. The van der Waals surface area contributed by atoms with E-state index in [9.17, 15) is 43.2 Å². The zero-order chi connectivity index (χ0) is 61.1. The van der Waals surface area contributed by atoms with Gasteiger partial charge in [0.2, 0.25) is 0 Å². The zero-order valence-corrected chi connectivity index (χ0v) is 54.9. The molecule has 6 atom stereocenters. The highest BCUT2D eigenvalue weighted by Gasteiger charge is 2.30. The fraction of sp³-hybridized carbons (Fsp3) is 0.937. The maximum absolute atomic E-state index is 13.0. The van der Waals surface area contributed by atoms with Gasteiger partial charge in [0.15, 0.2) is 12.2 Å². The van der Waals surface area contributed by atoms with Crippen LogP contribution < -0.4 is 0 Å². The maximum Gasteiger partial charge on any atom is 0.472 e. The number of carbonyl (C=O) groups is 4. The smallest absolute Gasteiger partial charge is 0.462 e. The first kappa shape index (κ1) is 80.1. The summed E-state index contributed by atoms with van der Waals surface area (Å²) in [5.41, 5.74) is 0. The summed E-state index contributed by atoms with van der Waals surface area (Å²) < 4.78 is 67.9. The highest BCUT2D eigenvalue weighted by molar-refractivity contribution is 7.47. The Morgan fingerprint density at radius 2 is 0.585 bits per heavy atom. The van der Waals surface area contributed by atoms with Crippen molar-refractivity contribution in [1.82, 2.24) is 0 Å². The zero-order valence-electron chi connectivity index (χ0n) is 53.1. The Bertz CT molecular complexity index is 1650. The summed E-state index contributed by atoms with van der Waals surface area (Å²) >= 11 is 0. The molecule has 0 aromatic rings. The summed E-state index contributed by atoms with van der Waals surface area (Å²) in [7, 11) is -9.89. The number of carbonyl (C=O) groups excluding carboxylic acids is 4. The standard InChI is InChI=1S/C63H122O17P2/c1-9-56(8)42-34-26-17-11-13-18-27-35-43-60(65)73-49-58(79-62(67)45-37-29-19-12-10-15-23-31-39-53(2)3)51-77-81(69,70)75-47-57(64)48-76-82(71,72)78-52-59(50-74-61(66)44-36-28-22-21-25-33-41-55(6)7)80-63(68)46-38-30-20-14-16-24-32-40-54(4)5/h53-59,64H,9-52H2,1-8H3,(H,69,70)(H,71,72)/t56?,57-,58-,59-/m1/s1. The minimum Gasteiger partial charge on any atom is -0.462 e. The predicted octanol–water partition coefficient (Wildman–Crippen LogP) is 17.0. The Labute approximate surface area is 498 Å². The van der Waals surface area contributed by atoms with Gasteiger partial charge in [0.1, 0.15) is 19.3 Å². The lowest BCUT2D eigenvalue weighted by molar-refractivity contribution is -0.161. The third-order valence-electron chi connectivity index (χ3n) is 14.7. The summed E-state index contributed by atoms with van der Waals surface area (Å²) in [4.78, 5) is 72.1. The molecule has 0 aliphatic carbocycles. The predicted molar refractivity (Wildman–Crippen MR) is 326 cm³/mol. The van der Waals surface area contributed by atoms with E-state index in [2.05, 4.69) is 55.4 Å². The molecule has 0 aromatic heterocycles. The number of phosphoric ester groups is 2. The Morgan fingerprint density at radius 3 is 0.866 bits per heavy atom. The highest BCUT2D eigenvalue weighted by Crippen LogP contribution is 2.45. The van der Waals surface area contributed by atoms with Gasteiger partial charge < -0.3 is 33.8 Å². The number of hydrogen-bond donors (Lipinski definition) is 3. The van der Waals surface area contributed by atoms with Crippen molar-refractivity contribution < 1.29 is 80.2 Å². The number of unbranched alkanes of at least 4 members (excludes halogenated alkanes) is 25. The molecule has 0 bridgehead atoms. The fourth-order valence-electron chi connectivity index (χ4n) is 9.22. The molecule has 0 fully saturated rings. The van der Waals surface area contributed by atoms with Crippen LogP contribution in [0.4, 0.5) is 0 Å². The van der Waals surface area contributed by atoms with Crippen molar-refractivity contribution >= 4 is 39.5 Å². The first-order valence-electron chi connectivity index (χ1n) is 32.7. The lowest BCUT2D eigenvalue weighted by Gasteiger charge is -2.21. The van der Waals surface area contributed by atoms with Crippen LogP contribution in [0.3, 0.4) is 0 Å². The molecule has 0 heterocycles. The fourth-order valence-corrected chi connectivity index (χ4v) is 10.8. The number of ether oxygens (including phenoxy) is 4. The molecule has 0 spiro atoms. The van der Waals surface area contributed by atoms with Crippen LogP contribution in [0.25, 0.3) is 0 Å². The molecule has 0 radical (unpaired) electrons. The molecule has 0 aliphatic heterocycles. The third kappa shape index (κ3) is 55.9. The van der Waals surface area contributed by atoms with Crippen LogP contribution in [-0.4, -0.2) is 96.7 Å². The molecular weight excluding hydrogens is 1090 g/mol. The first-order chi connectivity index (χ1) is 39.1. The van der Waals surface area contributed by atoms with Gasteiger partial charge in [-0.25, -0.2) is 9.13 Å². The van der Waals surface area contributed by atoms with Crippen LogP contribution in [-0.2, 0) is 65.4 Å². The highest BCUT2D eigenvalue weighted by atomic mass is 31.2. The van der Waals surface area contributed by atoms with Crippen LogP contribution in [0.2, 0.25) is 0 Å². The van der Waals surface area contributed by atoms with Gasteiger partial charge in [-0.05, 0) is 49.4 Å². The number of aliphatic hydroxyl groups is 1. The lowest BCUT2D eigenvalue weighted by atomic mass is 9.99. The van der Waals surface area contributed by atoms with Crippen LogP contribution in [0.1, 0.15) is 299 Å². The molecular formula is C63H122O17P2. The minimum absolute atomic E-state index is 0.102. The van der Waals surface area contributed by atoms with E-state index < -0.39 is 97.5 Å². The molecule has 19 heteroatoms. The average molecular weight is 1210 g/mol. The van der Waals surface area contributed by atoms with Crippen molar-refractivity contribution in [3.63, 3.8) is 0 Å². The topological polar surface area (TPSA) is 237 Å². The van der Waals surface area contributed by atoms with E-state index in [4.69, 9.17) is 37.0 Å². The van der Waals surface area contributed by atoms with Gasteiger partial charge in [-0.15, -0.1) is 0 Å². The molecule has 0 aliphatic rings. The molecule has 3 N–H and O–H groups in total. The molecule has 0 amide bonds. The molecule has 0 saturated carbocycles. The van der Waals surface area contributed by atoms with E-state index in [0.29, 0.717) is 37.5 Å². The average Bonchev–Trinajstić information content (AvgIpc) is 3.43. The summed E-state index contributed by atoms with van der Waals surface area (Å²) in [6, 6.07) is 0. The second kappa shape index (κ2) is 53.3. The number of phosphoric acid groups is 2. The Morgan fingerprint density at radius 1 is 0.341 bits per heavy atom. The second-order valence-electron chi connectivity index (χ2n) is 24.5. The molecule has 3 unspecified atom stereocenters. The molecule has 0 rings (SSSR count). The largest absolute Gasteiger partial charge is 0.472 e. The van der Waals surface area contributed by atoms with Crippen molar-refractivity contribution in [2.24, 2.45) is 23.7 Å². The van der Waals surface area contributed by atoms with E-state index in [0.717, 1.165) is 108 Å². The van der Waals surface area contributed by atoms with E-state index >= 15 is 0 Å². The monoisotopic (exact) mass is 1210 g/mol. The number of rotatable bonds is 60. The van der Waals surface area contributed by atoms with Crippen molar-refractivity contribution in [3.8, 4) is 0 Å².